The predicted molar refractivity (Wildman–Crippen MR) is 145 cm³/mol. The Labute approximate surface area is 244 Å². The molecule has 2 fully saturated rings. The van der Waals surface area contributed by atoms with E-state index in [4.69, 9.17) is 4.74 Å². The van der Waals surface area contributed by atoms with Crippen LogP contribution in [0.4, 0.5) is 0 Å². The van der Waals surface area contributed by atoms with Crippen LogP contribution in [0.3, 0.4) is 0 Å². The highest BCUT2D eigenvalue weighted by Gasteiger charge is 2.34. The van der Waals surface area contributed by atoms with Gasteiger partial charge in [0.15, 0.2) is 0 Å². The second kappa shape index (κ2) is 13.3. The van der Waals surface area contributed by atoms with Gasteiger partial charge in [0.2, 0.25) is 0 Å². The van der Waals surface area contributed by atoms with Crippen molar-refractivity contribution < 1.29 is 44.2 Å². The number of ether oxygens (including phenoxy) is 1. The fourth-order valence-corrected chi connectivity index (χ4v) is 6.70. The van der Waals surface area contributed by atoms with Crippen molar-refractivity contribution in [2.75, 3.05) is 52.4 Å². The summed E-state index contributed by atoms with van der Waals surface area (Å²) in [5, 5.41) is 12.3. The minimum Gasteiger partial charge on any atom is -1.00 e. The molecule has 1 saturated carbocycles. The molecule has 39 heavy (non-hydrogen) atoms. The molecule has 0 aromatic heterocycles. The first-order valence-electron chi connectivity index (χ1n) is 13.8. The molecule has 2 heterocycles. The molecular weight excluding hydrogens is 537 g/mol. The zero-order chi connectivity index (χ0) is 26.2. The van der Waals surface area contributed by atoms with E-state index in [1.54, 1.807) is 0 Å². The monoisotopic (exact) mass is 577 g/mol. The molecule has 2 aromatic rings. The third-order valence-corrected chi connectivity index (χ3v) is 8.30. The molecule has 1 N–H and O–H groups in total. The molecule has 0 radical (unpaired) electrons. The minimum atomic E-state index is -0.488. The third-order valence-electron chi connectivity index (χ3n) is 8.30. The Morgan fingerprint density at radius 2 is 1.51 bits per heavy atom. The van der Waals surface area contributed by atoms with Crippen molar-refractivity contribution in [2.45, 2.75) is 52.2 Å². The molecule has 7 nitrogen and oxygen atoms in total. The summed E-state index contributed by atoms with van der Waals surface area (Å²) in [6.07, 6.45) is 3.13. The highest BCUT2D eigenvalue weighted by atomic mass is 35.5. The molecule has 9 heteroatoms. The average molecular weight is 579 g/mol. The molecule has 0 bridgehead atoms. The summed E-state index contributed by atoms with van der Waals surface area (Å²) in [4.78, 5) is 32.2. The first kappa shape index (κ1) is 31.8. The summed E-state index contributed by atoms with van der Waals surface area (Å²) >= 11 is 0. The fourth-order valence-electron chi connectivity index (χ4n) is 6.70. The van der Waals surface area contributed by atoms with Gasteiger partial charge in [-0.05, 0) is 48.1 Å². The average Bonchev–Trinajstić information content (AvgIpc) is 2.85. The van der Waals surface area contributed by atoms with Crippen molar-refractivity contribution in [1.29, 1.82) is 0 Å². The molecule has 5 rings (SSSR count). The number of hydrogen-bond donors (Lipinski definition) is 1. The van der Waals surface area contributed by atoms with Crippen molar-refractivity contribution in [3.8, 4) is 0 Å². The number of hydrogen-bond acceptors (Lipinski definition) is 6. The van der Waals surface area contributed by atoms with Gasteiger partial charge in [-0.3, -0.25) is 24.3 Å². The number of amides is 2. The lowest BCUT2D eigenvalue weighted by atomic mass is 9.71. The largest absolute Gasteiger partial charge is 1.00 e. The second-order valence-corrected chi connectivity index (χ2v) is 12.1. The van der Waals surface area contributed by atoms with E-state index in [1.165, 1.54) is 11.3 Å². The SMILES string of the molecule is CC1CC(OCC(O)CN2CCN(CCN3C(=O)c4cccc5cccc(c45)C3=O)CC2)CC(C)(C)C1.[Cl-].[Cl-]. The summed E-state index contributed by atoms with van der Waals surface area (Å²) < 4.78 is 6.13. The lowest BCUT2D eigenvalue weighted by Gasteiger charge is -2.39. The van der Waals surface area contributed by atoms with Gasteiger partial charge in [-0.2, -0.15) is 0 Å². The lowest BCUT2D eigenvalue weighted by Crippen LogP contribution is -3.00. The number of piperazine rings is 1. The van der Waals surface area contributed by atoms with Crippen LogP contribution in [0, 0.1) is 11.3 Å². The Morgan fingerprint density at radius 3 is 2.10 bits per heavy atom. The zero-order valence-electron chi connectivity index (χ0n) is 23.2. The number of nitrogens with zero attached hydrogens (tertiary/aromatic N) is 3. The number of aliphatic hydroxyl groups excluding tert-OH is 1. The van der Waals surface area contributed by atoms with Crippen LogP contribution in [0.15, 0.2) is 36.4 Å². The number of carbonyl (C=O) groups excluding carboxylic acids is 2. The molecule has 2 aliphatic heterocycles. The summed E-state index contributed by atoms with van der Waals surface area (Å²) in [6.45, 7) is 12.4. The summed E-state index contributed by atoms with van der Waals surface area (Å²) in [5.41, 5.74) is 1.53. The quantitative estimate of drug-likeness (QED) is 0.354. The molecule has 0 spiro atoms. The van der Waals surface area contributed by atoms with Crippen molar-refractivity contribution in [2.24, 2.45) is 11.3 Å². The number of rotatable bonds is 8. The molecule has 3 unspecified atom stereocenters. The van der Waals surface area contributed by atoms with E-state index in [0.29, 0.717) is 48.7 Å². The first-order valence-corrected chi connectivity index (χ1v) is 13.8. The standard InChI is InChI=1S/C30H41N3O4.2ClH/c1-21-16-24(18-30(2,3)17-21)37-20-23(34)19-32-12-10-31(11-13-32)14-15-33-28(35)25-8-4-6-22-7-5-9-26(27(22)25)29(33)36;;/h4-9,21,23-24,34H,10-20H2,1-3H3;2*1H/p-2. The predicted octanol–water partition coefficient (Wildman–Crippen LogP) is -2.35. The Bertz CT molecular complexity index is 1100. The Kier molecular flexibility index (Phi) is 10.8. The Morgan fingerprint density at radius 1 is 0.923 bits per heavy atom. The molecule has 3 aliphatic rings. The molecule has 216 valence electrons. The molecule has 2 aromatic carbocycles. The highest BCUT2D eigenvalue weighted by Crippen LogP contribution is 2.39. The number of β-amino-alcohol motifs (C(OH)–C–C–N with tert-alkyl or cyclic N) is 1. The Balaban J connectivity index is 0.00000210. The smallest absolute Gasteiger partial charge is 0.261 e. The van der Waals surface area contributed by atoms with Crippen LogP contribution in [-0.4, -0.2) is 96.2 Å². The van der Waals surface area contributed by atoms with Crippen molar-refractivity contribution in [3.63, 3.8) is 0 Å². The number of halogens is 2. The lowest BCUT2D eigenvalue weighted by molar-refractivity contribution is -0.0633. The van der Waals surface area contributed by atoms with Crippen molar-refractivity contribution in [3.05, 3.63) is 47.5 Å². The molecule has 1 aliphatic carbocycles. The van der Waals surface area contributed by atoms with Gasteiger partial charge in [-0.15, -0.1) is 0 Å². The maximum Gasteiger partial charge on any atom is 0.261 e. The topological polar surface area (TPSA) is 73.3 Å². The van der Waals surface area contributed by atoms with Crippen LogP contribution in [0.5, 0.6) is 0 Å². The molecule has 1 saturated heterocycles. The van der Waals surface area contributed by atoms with E-state index in [2.05, 4.69) is 30.6 Å². The Hall–Kier alpha value is -1.74. The fraction of sp³-hybridized carbons (Fsp3) is 0.600. The first-order chi connectivity index (χ1) is 17.7. The molecule has 2 amide bonds. The number of benzene rings is 2. The maximum absolute atomic E-state index is 13.1. The van der Waals surface area contributed by atoms with Crippen LogP contribution < -0.4 is 24.8 Å². The van der Waals surface area contributed by atoms with Gasteiger partial charge in [-0.1, -0.05) is 45.0 Å². The van der Waals surface area contributed by atoms with E-state index in [-0.39, 0.29) is 42.7 Å². The van der Waals surface area contributed by atoms with Crippen LogP contribution in [-0.2, 0) is 4.74 Å². The number of imide groups is 1. The van der Waals surface area contributed by atoms with E-state index < -0.39 is 6.10 Å². The van der Waals surface area contributed by atoms with Gasteiger partial charge in [0.05, 0.1) is 18.8 Å². The number of aliphatic hydroxyl groups is 1. The highest BCUT2D eigenvalue weighted by molar-refractivity contribution is 6.25. The van der Waals surface area contributed by atoms with Gasteiger partial charge in [0.1, 0.15) is 0 Å². The summed E-state index contributed by atoms with van der Waals surface area (Å²) in [6, 6.07) is 11.3. The van der Waals surface area contributed by atoms with Crippen LogP contribution in [0.1, 0.15) is 60.7 Å². The van der Waals surface area contributed by atoms with Gasteiger partial charge in [0.25, 0.3) is 11.8 Å². The summed E-state index contributed by atoms with van der Waals surface area (Å²) in [7, 11) is 0. The second-order valence-electron chi connectivity index (χ2n) is 12.1. The molecular formula is C30H41Cl2N3O4-2. The van der Waals surface area contributed by atoms with Gasteiger partial charge < -0.3 is 34.7 Å². The number of carbonyl (C=O) groups is 2. The normalized spacial score (nSPS) is 24.3. The van der Waals surface area contributed by atoms with E-state index >= 15 is 0 Å². The van der Waals surface area contributed by atoms with E-state index in [9.17, 15) is 14.7 Å². The van der Waals surface area contributed by atoms with E-state index in [0.717, 1.165) is 49.8 Å². The summed E-state index contributed by atoms with van der Waals surface area (Å²) in [5.74, 6) is 0.261. The van der Waals surface area contributed by atoms with Gasteiger partial charge in [0, 0.05) is 62.3 Å². The van der Waals surface area contributed by atoms with Crippen molar-refractivity contribution in [1.82, 2.24) is 14.7 Å². The van der Waals surface area contributed by atoms with Crippen LogP contribution >= 0.6 is 0 Å². The van der Waals surface area contributed by atoms with Crippen LogP contribution in [0.25, 0.3) is 10.8 Å². The van der Waals surface area contributed by atoms with E-state index in [1.807, 2.05) is 36.4 Å². The van der Waals surface area contributed by atoms with Gasteiger partial charge in [-0.25, -0.2) is 0 Å². The van der Waals surface area contributed by atoms with Crippen LogP contribution in [0.2, 0.25) is 0 Å². The van der Waals surface area contributed by atoms with Gasteiger partial charge >= 0.3 is 0 Å². The molecule has 3 atom stereocenters. The zero-order valence-corrected chi connectivity index (χ0v) is 24.8. The van der Waals surface area contributed by atoms with Crippen molar-refractivity contribution >= 4 is 22.6 Å². The maximum atomic E-state index is 13.1. The third kappa shape index (κ3) is 7.32. The minimum absolute atomic E-state index is 0.